The highest BCUT2D eigenvalue weighted by Crippen LogP contribution is 2.36. The normalized spacial score (nSPS) is 12.1. The predicted octanol–water partition coefficient (Wildman–Crippen LogP) is 4.76. The summed E-state index contributed by atoms with van der Waals surface area (Å²) < 4.78 is 26.5. The molecule has 1 amide bonds. The fourth-order valence-corrected chi connectivity index (χ4v) is 5.04. The highest BCUT2D eigenvalue weighted by molar-refractivity contribution is 8.00. The summed E-state index contributed by atoms with van der Waals surface area (Å²) in [6.07, 6.45) is 1.49. The number of carbonyl (C=O) groups is 1. The number of carbonyl (C=O) groups excluding carboxylic acids is 1. The molecule has 0 aliphatic heterocycles. The first kappa shape index (κ1) is 22.8. The molecule has 0 spiro atoms. The van der Waals surface area contributed by atoms with E-state index in [1.54, 1.807) is 24.3 Å². The van der Waals surface area contributed by atoms with Crippen molar-refractivity contribution in [1.29, 1.82) is 0 Å². The largest absolute Gasteiger partial charge is 0.325 e. The van der Waals surface area contributed by atoms with Gasteiger partial charge in [-0.15, -0.1) is 18.3 Å². The van der Waals surface area contributed by atoms with Gasteiger partial charge in [-0.1, -0.05) is 66.7 Å². The summed E-state index contributed by atoms with van der Waals surface area (Å²) in [6.45, 7) is 3.69. The minimum absolute atomic E-state index is 0.133. The second-order valence-electron chi connectivity index (χ2n) is 6.80. The number of hydrogen-bond donors (Lipinski definition) is 2. The van der Waals surface area contributed by atoms with Crippen molar-refractivity contribution in [2.75, 3.05) is 11.9 Å². The van der Waals surface area contributed by atoms with Crippen molar-refractivity contribution in [2.24, 2.45) is 0 Å². The first-order chi connectivity index (χ1) is 15.0. The summed E-state index contributed by atoms with van der Waals surface area (Å²) in [5, 5.41) is 2.52. The highest BCUT2D eigenvalue weighted by Gasteiger charge is 2.22. The molecule has 0 aromatic heterocycles. The number of rotatable bonds is 10. The molecule has 1 atom stereocenters. The zero-order valence-electron chi connectivity index (χ0n) is 16.9. The van der Waals surface area contributed by atoms with Crippen molar-refractivity contribution < 1.29 is 13.2 Å². The number of sulfonamides is 1. The molecule has 0 bridgehead atoms. The fraction of sp³-hybridized carbons (Fsp3) is 0.125. The molecule has 3 aromatic rings. The Morgan fingerprint density at radius 1 is 0.935 bits per heavy atom. The first-order valence-corrected chi connectivity index (χ1v) is 12.2. The van der Waals surface area contributed by atoms with Crippen molar-refractivity contribution in [3.63, 3.8) is 0 Å². The molecule has 0 saturated carbocycles. The summed E-state index contributed by atoms with van der Waals surface area (Å²) in [6, 6.07) is 26.2. The van der Waals surface area contributed by atoms with Crippen molar-refractivity contribution >= 4 is 33.4 Å². The Kier molecular flexibility index (Phi) is 8.06. The topological polar surface area (TPSA) is 75.3 Å². The van der Waals surface area contributed by atoms with Crippen molar-refractivity contribution in [1.82, 2.24) is 4.72 Å². The number of hydrogen-bond acceptors (Lipinski definition) is 4. The maximum atomic E-state index is 13.1. The van der Waals surface area contributed by atoms with Gasteiger partial charge in [-0.25, -0.2) is 13.1 Å². The highest BCUT2D eigenvalue weighted by atomic mass is 32.2. The molecule has 7 heteroatoms. The van der Waals surface area contributed by atoms with Crippen molar-refractivity contribution in [3.05, 3.63) is 109 Å². The van der Waals surface area contributed by atoms with Crippen LogP contribution in [0.4, 0.5) is 5.69 Å². The monoisotopic (exact) mass is 452 g/mol. The number of nitrogens with one attached hydrogen (secondary N) is 2. The second kappa shape index (κ2) is 10.9. The maximum Gasteiger partial charge on any atom is 0.242 e. The number of benzene rings is 3. The Bertz CT molecular complexity index is 1100. The molecule has 0 saturated heterocycles. The zero-order valence-corrected chi connectivity index (χ0v) is 18.5. The molecule has 0 aliphatic carbocycles. The van der Waals surface area contributed by atoms with Gasteiger partial charge in [0, 0.05) is 17.1 Å². The predicted molar refractivity (Wildman–Crippen MR) is 127 cm³/mol. The van der Waals surface area contributed by atoms with Crippen LogP contribution in [0.25, 0.3) is 0 Å². The van der Waals surface area contributed by atoms with Gasteiger partial charge in [-0.2, -0.15) is 0 Å². The molecule has 0 aliphatic rings. The van der Waals surface area contributed by atoms with E-state index in [0.29, 0.717) is 11.3 Å². The Balaban J connectivity index is 1.72. The van der Waals surface area contributed by atoms with E-state index in [4.69, 9.17) is 0 Å². The molecular formula is C24H24N2O3S2. The third-order valence-electron chi connectivity index (χ3n) is 4.36. The molecule has 160 valence electrons. The van der Waals surface area contributed by atoms with Gasteiger partial charge in [0.05, 0.1) is 5.75 Å². The maximum absolute atomic E-state index is 13.1. The van der Waals surface area contributed by atoms with Crippen LogP contribution in [0.15, 0.2) is 102 Å². The van der Waals surface area contributed by atoms with Crippen LogP contribution < -0.4 is 10.0 Å². The van der Waals surface area contributed by atoms with Gasteiger partial charge in [0.25, 0.3) is 0 Å². The Hall–Kier alpha value is -2.87. The van der Waals surface area contributed by atoms with E-state index >= 15 is 0 Å². The average molecular weight is 453 g/mol. The lowest BCUT2D eigenvalue weighted by Gasteiger charge is -2.17. The molecule has 2 N–H and O–H groups in total. The minimum Gasteiger partial charge on any atom is -0.325 e. The fourth-order valence-electron chi connectivity index (χ4n) is 2.88. The third-order valence-corrected chi connectivity index (χ3v) is 6.95. The minimum atomic E-state index is -3.43. The molecule has 3 aromatic carbocycles. The van der Waals surface area contributed by atoms with E-state index in [1.165, 1.54) is 17.8 Å². The molecule has 31 heavy (non-hydrogen) atoms. The smallest absolute Gasteiger partial charge is 0.242 e. The van der Waals surface area contributed by atoms with Crippen LogP contribution in [0.2, 0.25) is 0 Å². The average Bonchev–Trinajstić information content (AvgIpc) is 2.78. The first-order valence-electron chi connectivity index (χ1n) is 9.71. The van der Waals surface area contributed by atoms with E-state index in [0.717, 1.165) is 10.5 Å². The lowest BCUT2D eigenvalue weighted by molar-refractivity contribution is -0.115. The van der Waals surface area contributed by atoms with E-state index in [2.05, 4.69) is 16.6 Å². The quantitative estimate of drug-likeness (QED) is 0.343. The molecule has 3 rings (SSSR count). The van der Waals surface area contributed by atoms with Crippen LogP contribution in [-0.2, 0) is 20.6 Å². The van der Waals surface area contributed by atoms with Gasteiger partial charge in [0.15, 0.2) is 0 Å². The van der Waals surface area contributed by atoms with Gasteiger partial charge in [0.2, 0.25) is 15.9 Å². The third kappa shape index (κ3) is 7.10. The van der Waals surface area contributed by atoms with E-state index in [9.17, 15) is 13.2 Å². The van der Waals surface area contributed by atoms with E-state index < -0.39 is 15.3 Å². The van der Waals surface area contributed by atoms with Gasteiger partial charge >= 0.3 is 0 Å². The van der Waals surface area contributed by atoms with E-state index in [1.807, 2.05) is 60.7 Å². The molecule has 1 unspecified atom stereocenters. The van der Waals surface area contributed by atoms with E-state index in [-0.39, 0.29) is 18.2 Å². The van der Waals surface area contributed by atoms with Crippen LogP contribution in [0.5, 0.6) is 0 Å². The summed E-state index contributed by atoms with van der Waals surface area (Å²) in [7, 11) is -3.43. The zero-order chi connectivity index (χ0) is 22.1. The van der Waals surface area contributed by atoms with Crippen LogP contribution in [-0.4, -0.2) is 20.9 Å². The van der Waals surface area contributed by atoms with Gasteiger partial charge in [-0.05, 0) is 35.4 Å². The van der Waals surface area contributed by atoms with Crippen LogP contribution in [0, 0.1) is 0 Å². The Labute approximate surface area is 187 Å². The van der Waals surface area contributed by atoms with Gasteiger partial charge in [0.1, 0.15) is 5.25 Å². The lowest BCUT2D eigenvalue weighted by Crippen LogP contribution is -2.25. The molecule has 0 fully saturated rings. The van der Waals surface area contributed by atoms with Crippen molar-refractivity contribution in [3.8, 4) is 0 Å². The number of amides is 1. The molecule has 0 heterocycles. The SMILES string of the molecule is C=CCNS(=O)(=O)Cc1ccc(NC(=O)C(Sc2ccccc2)c2ccccc2)cc1. The molecule has 5 nitrogen and oxygen atoms in total. The van der Waals surface area contributed by atoms with Gasteiger partial charge < -0.3 is 5.32 Å². The summed E-state index contributed by atoms with van der Waals surface area (Å²) in [5.74, 6) is -0.279. The lowest BCUT2D eigenvalue weighted by atomic mass is 10.1. The second-order valence-corrected chi connectivity index (χ2v) is 9.79. The van der Waals surface area contributed by atoms with Crippen LogP contribution in [0.3, 0.4) is 0 Å². The summed E-state index contributed by atoms with van der Waals surface area (Å²) >= 11 is 1.48. The van der Waals surface area contributed by atoms with Crippen LogP contribution in [0.1, 0.15) is 16.4 Å². The Morgan fingerprint density at radius 2 is 1.55 bits per heavy atom. The summed E-state index contributed by atoms with van der Waals surface area (Å²) in [5.41, 5.74) is 2.15. The molecular weight excluding hydrogens is 428 g/mol. The van der Waals surface area contributed by atoms with Crippen LogP contribution >= 0.6 is 11.8 Å². The van der Waals surface area contributed by atoms with Gasteiger partial charge in [-0.3, -0.25) is 4.79 Å². The summed E-state index contributed by atoms with van der Waals surface area (Å²) in [4.78, 5) is 14.1. The standard InChI is InChI=1S/C24H24N2O3S2/c1-2-17-25-31(28,29)18-19-13-15-21(16-14-19)26-24(27)23(20-9-5-3-6-10-20)30-22-11-7-4-8-12-22/h2-16,23,25H,1,17-18H2,(H,26,27). The van der Waals surface area contributed by atoms with Crippen molar-refractivity contribution in [2.45, 2.75) is 15.9 Å². The Morgan fingerprint density at radius 3 is 2.16 bits per heavy atom. The number of anilines is 1. The molecule has 0 radical (unpaired) electrons. The number of thioether (sulfide) groups is 1.